The number of nitrogens with one attached hydrogen (secondary N) is 2. The Hall–Kier alpha value is -4.07. The van der Waals surface area contributed by atoms with Gasteiger partial charge in [-0.1, -0.05) is 42.2 Å². The number of phenols is 3. The Balaban J connectivity index is 1.30. The van der Waals surface area contributed by atoms with Crippen LogP contribution in [0.3, 0.4) is 0 Å². The number of hydrogen-bond donors (Lipinski definition) is 7. The van der Waals surface area contributed by atoms with Crippen LogP contribution in [0.15, 0.2) is 54.6 Å². The number of methoxy groups -OCH3 is 1. The zero-order valence-corrected chi connectivity index (χ0v) is 30.6. The van der Waals surface area contributed by atoms with Crippen molar-refractivity contribution in [2.75, 3.05) is 27.2 Å². The van der Waals surface area contributed by atoms with Gasteiger partial charge in [-0.2, -0.15) is 0 Å². The molecule has 0 aromatic heterocycles. The normalized spacial score (nSPS) is 34.5. The largest absolute Gasteiger partial charge is 0.504 e. The molecule has 0 unspecified atom stereocenters. The number of rotatable bonds is 7. The van der Waals surface area contributed by atoms with Crippen molar-refractivity contribution in [3.05, 3.63) is 82.4 Å². The minimum absolute atomic E-state index is 0.0217. The molecular weight excluding hydrogens is 668 g/mol. The number of piperidine rings is 1. The third-order valence-electron chi connectivity index (χ3n) is 13.9. The van der Waals surface area contributed by atoms with E-state index in [1.165, 1.54) is 13.2 Å². The molecule has 7 N–H and O–H groups in total. The van der Waals surface area contributed by atoms with Crippen molar-refractivity contribution >= 4 is 5.78 Å². The zero-order valence-electron chi connectivity index (χ0n) is 30.6. The Morgan fingerprint density at radius 3 is 2.49 bits per heavy atom. The molecule has 11 atom stereocenters. The number of Topliss-reactive ketones (excluding diaryl/α,β-unsaturated/α-hetero) is 1. The predicted octanol–water partition coefficient (Wildman–Crippen LogP) is 4.87. The van der Waals surface area contributed by atoms with Crippen LogP contribution in [0.1, 0.15) is 78.2 Å². The first-order valence-electron chi connectivity index (χ1n) is 19.4. The van der Waals surface area contributed by atoms with Crippen molar-refractivity contribution in [3.8, 4) is 34.8 Å². The van der Waals surface area contributed by atoms with Crippen LogP contribution in [0, 0.1) is 47.3 Å². The lowest BCUT2D eigenvalue weighted by Gasteiger charge is -2.67. The van der Waals surface area contributed by atoms with Crippen molar-refractivity contribution in [2.24, 2.45) is 35.5 Å². The zero-order chi connectivity index (χ0) is 37.0. The number of benzene rings is 3. The molecule has 3 fully saturated rings. The highest BCUT2D eigenvalue weighted by atomic mass is 16.5. The summed E-state index contributed by atoms with van der Waals surface area (Å²) in [5.74, 6) is 7.02. The van der Waals surface area contributed by atoms with E-state index in [0.29, 0.717) is 35.9 Å². The maximum absolute atomic E-state index is 14.4. The van der Waals surface area contributed by atoms with E-state index in [9.17, 15) is 30.3 Å². The van der Waals surface area contributed by atoms with Gasteiger partial charge in [-0.25, -0.2) is 0 Å². The molecule has 53 heavy (non-hydrogen) atoms. The van der Waals surface area contributed by atoms with Gasteiger partial charge >= 0.3 is 0 Å². The van der Waals surface area contributed by atoms with E-state index in [1.54, 1.807) is 18.2 Å². The van der Waals surface area contributed by atoms with Crippen LogP contribution in [-0.4, -0.2) is 70.7 Å². The van der Waals surface area contributed by atoms with Gasteiger partial charge in [0, 0.05) is 54.5 Å². The van der Waals surface area contributed by atoms with E-state index in [0.717, 1.165) is 48.9 Å². The van der Waals surface area contributed by atoms with Gasteiger partial charge in [0.05, 0.1) is 19.8 Å². The Kier molecular flexibility index (Phi) is 9.69. The molecule has 2 saturated carbocycles. The van der Waals surface area contributed by atoms with Crippen LogP contribution in [-0.2, 0) is 23.2 Å². The highest BCUT2D eigenvalue weighted by molar-refractivity contribution is 5.80. The second-order valence-corrected chi connectivity index (χ2v) is 16.4. The summed E-state index contributed by atoms with van der Waals surface area (Å²) in [4.78, 5) is 14.4. The first-order valence-corrected chi connectivity index (χ1v) is 19.4. The molecule has 0 radical (unpaired) electrons. The summed E-state index contributed by atoms with van der Waals surface area (Å²) in [5, 5.41) is 63.0. The molecule has 1 aliphatic heterocycles. The number of aliphatic hydroxyl groups is 2. The summed E-state index contributed by atoms with van der Waals surface area (Å²) in [6, 6.07) is 16.9. The number of hydrogen-bond acceptors (Lipinski definition) is 9. The highest BCUT2D eigenvalue weighted by Crippen LogP contribution is 2.67. The highest BCUT2D eigenvalue weighted by Gasteiger charge is 2.66. The summed E-state index contributed by atoms with van der Waals surface area (Å²) >= 11 is 0. The molecule has 1 spiro atoms. The van der Waals surface area contributed by atoms with Crippen LogP contribution >= 0.6 is 0 Å². The monoisotopic (exact) mass is 720 g/mol. The number of ketones is 1. The fourth-order valence-corrected chi connectivity index (χ4v) is 11.9. The number of aromatic hydroxyl groups is 3. The lowest BCUT2D eigenvalue weighted by Crippen LogP contribution is -2.71. The smallest absolute Gasteiger partial charge is 0.160 e. The van der Waals surface area contributed by atoms with Crippen molar-refractivity contribution in [2.45, 2.75) is 80.9 Å². The molecule has 3 aromatic carbocycles. The summed E-state index contributed by atoms with van der Waals surface area (Å²) in [7, 11) is 3.47. The molecule has 1 heterocycles. The Morgan fingerprint density at radius 2 is 1.74 bits per heavy atom. The van der Waals surface area contributed by atoms with E-state index in [4.69, 9.17) is 4.74 Å². The van der Waals surface area contributed by atoms with Crippen LogP contribution in [0.4, 0.5) is 0 Å². The fraction of sp³-hybridized carbons (Fsp3) is 0.523. The van der Waals surface area contributed by atoms with Gasteiger partial charge < -0.3 is 40.9 Å². The van der Waals surface area contributed by atoms with Gasteiger partial charge in [0.15, 0.2) is 23.0 Å². The third kappa shape index (κ3) is 5.99. The summed E-state index contributed by atoms with van der Waals surface area (Å²) < 4.78 is 5.49. The minimum atomic E-state index is -0.987. The number of carbonyl (C=O) groups is 1. The molecule has 4 aliphatic carbocycles. The van der Waals surface area contributed by atoms with Crippen LogP contribution in [0.2, 0.25) is 0 Å². The number of carbonyl (C=O) groups excluding carboxylic acids is 1. The molecule has 2 bridgehead atoms. The van der Waals surface area contributed by atoms with Crippen LogP contribution < -0.4 is 15.4 Å². The van der Waals surface area contributed by atoms with Crippen LogP contribution in [0.25, 0.3) is 0 Å². The van der Waals surface area contributed by atoms with Crippen LogP contribution in [0.5, 0.6) is 23.0 Å². The van der Waals surface area contributed by atoms with E-state index < -0.39 is 17.4 Å². The molecule has 9 nitrogen and oxygen atoms in total. The van der Waals surface area contributed by atoms with E-state index >= 15 is 0 Å². The quantitative estimate of drug-likeness (QED) is 0.134. The minimum Gasteiger partial charge on any atom is -0.504 e. The van der Waals surface area contributed by atoms with Crippen molar-refractivity contribution in [1.29, 1.82) is 0 Å². The Bertz CT molecular complexity index is 1920. The van der Waals surface area contributed by atoms with Gasteiger partial charge in [-0.3, -0.25) is 4.79 Å². The number of aliphatic hydroxyl groups excluding tert-OH is 2. The molecule has 5 aliphatic rings. The average Bonchev–Trinajstić information content (AvgIpc) is 3.15. The van der Waals surface area contributed by atoms with E-state index in [-0.39, 0.29) is 83.9 Å². The van der Waals surface area contributed by atoms with Crippen molar-refractivity contribution < 1.29 is 35.1 Å². The maximum atomic E-state index is 14.4. The van der Waals surface area contributed by atoms with Gasteiger partial charge in [0.25, 0.3) is 0 Å². The fourth-order valence-electron chi connectivity index (χ4n) is 11.9. The van der Waals surface area contributed by atoms with Gasteiger partial charge in [0.2, 0.25) is 0 Å². The predicted molar refractivity (Wildman–Crippen MR) is 201 cm³/mol. The van der Waals surface area contributed by atoms with E-state index in [1.807, 2.05) is 25.2 Å². The number of ether oxygens (including phenoxy) is 1. The first kappa shape index (κ1) is 35.9. The maximum Gasteiger partial charge on any atom is 0.160 e. The second-order valence-electron chi connectivity index (χ2n) is 16.4. The Morgan fingerprint density at radius 1 is 0.943 bits per heavy atom. The van der Waals surface area contributed by atoms with Crippen molar-refractivity contribution in [3.63, 3.8) is 0 Å². The average molecular weight is 721 g/mol. The Labute approximate surface area is 311 Å². The molecule has 280 valence electrons. The lowest BCUT2D eigenvalue weighted by molar-refractivity contribution is -0.128. The molecule has 8 rings (SSSR count). The number of fused-ring (bicyclic) bond motifs is 4. The molecule has 9 heteroatoms. The standard InChI is InChI=1S/C44H52N2O7/c1-45-21-28-13-26-10-11-42-44(35(26)17-32(28)34-18-37(49)38(50)20-36(34)44)43-27(22-46-42)9-8-25(12-24-6-4-3-5-7-24)31(15-30(48)16-40(43)52)33-19-41(53-2)39(51)14-29(33)23-47/h3-7,14,18-20,25-28,31-32,35,40,42-43,45-47,49-52H,10-13,15-17,21-23H2,1-2H3/t25-,26+,27-,28+,31+,32-,35+,40+,42-,43+,44-/m1/s1. The topological polar surface area (TPSA) is 152 Å². The summed E-state index contributed by atoms with van der Waals surface area (Å²) in [5.41, 5.74) is 3.74. The second kappa shape index (κ2) is 14.3. The van der Waals surface area contributed by atoms with Gasteiger partial charge in [-0.05, 0) is 121 Å². The van der Waals surface area contributed by atoms with Gasteiger partial charge in [-0.15, -0.1) is 0 Å². The summed E-state index contributed by atoms with van der Waals surface area (Å²) in [6.45, 7) is 1.10. The summed E-state index contributed by atoms with van der Waals surface area (Å²) in [6.07, 6.45) is 3.61. The molecule has 3 aromatic rings. The first-order chi connectivity index (χ1) is 25.7. The molecular formula is C44H52N2O7. The molecule has 1 saturated heterocycles. The molecule has 0 amide bonds. The van der Waals surface area contributed by atoms with Gasteiger partial charge in [0.1, 0.15) is 5.78 Å². The SMILES string of the molecule is CNC[C@@H]1C[C@@H]2CC[C@H]3NC[C@H]4C#C[C@H](Cc5ccccc5)[C@@H](c5cc(OC)c(O)cc5CO)CC(=O)C[C@H](O)[C@H]4[C@]34c3cc(O)c(O)cc3[C@@H]1C[C@@H]24. The van der Waals surface area contributed by atoms with Crippen molar-refractivity contribution in [1.82, 2.24) is 10.6 Å². The third-order valence-corrected chi connectivity index (χ3v) is 13.9. The number of phenolic OH excluding ortho intramolecular Hbond substituents is 3. The van der Waals surface area contributed by atoms with E-state index in [2.05, 4.69) is 34.6 Å². The lowest BCUT2D eigenvalue weighted by atomic mass is 9.39.